The molecule has 0 aliphatic rings. The number of ketones is 1. The highest BCUT2D eigenvalue weighted by Crippen LogP contribution is 2.16. The van der Waals surface area contributed by atoms with Crippen molar-refractivity contribution in [2.45, 2.75) is 26.3 Å². The van der Waals surface area contributed by atoms with E-state index in [9.17, 15) is 4.79 Å². The average molecular weight is 263 g/mol. The lowest BCUT2D eigenvalue weighted by molar-refractivity contribution is 0.0928. The van der Waals surface area contributed by atoms with Crippen molar-refractivity contribution in [1.82, 2.24) is 9.78 Å². The first-order valence-corrected chi connectivity index (χ1v) is 6.32. The Kier molecular flexibility index (Phi) is 3.82. The Morgan fingerprint density at radius 2 is 2.06 bits per heavy atom. The van der Waals surface area contributed by atoms with Gasteiger partial charge < -0.3 is 0 Å². The third-order valence-corrected chi connectivity index (χ3v) is 3.19. The van der Waals surface area contributed by atoms with Crippen LogP contribution in [0.3, 0.4) is 0 Å². The molecule has 18 heavy (non-hydrogen) atoms. The number of Topliss-reactive ketones (excluding diaryl/α,β-unsaturated/α-hetero) is 1. The number of aromatic nitrogens is 2. The Balaban J connectivity index is 2.19. The Morgan fingerprint density at radius 1 is 1.39 bits per heavy atom. The summed E-state index contributed by atoms with van der Waals surface area (Å²) in [7, 11) is 0. The molecule has 0 saturated heterocycles. The summed E-state index contributed by atoms with van der Waals surface area (Å²) in [4.78, 5) is 12.3. The quantitative estimate of drug-likeness (QED) is 0.790. The largest absolute Gasteiger partial charge is 0.292 e. The van der Waals surface area contributed by atoms with Crippen molar-refractivity contribution in [3.05, 3.63) is 52.8 Å². The van der Waals surface area contributed by atoms with Crippen molar-refractivity contribution in [3.8, 4) is 0 Å². The van der Waals surface area contributed by atoms with Crippen LogP contribution in [0.1, 0.15) is 35.8 Å². The van der Waals surface area contributed by atoms with Gasteiger partial charge in [-0.3, -0.25) is 9.48 Å². The van der Waals surface area contributed by atoms with E-state index in [-0.39, 0.29) is 11.8 Å². The van der Waals surface area contributed by atoms with Crippen LogP contribution in [0.5, 0.6) is 0 Å². The van der Waals surface area contributed by atoms with Crippen molar-refractivity contribution in [1.29, 1.82) is 0 Å². The molecule has 3 nitrogen and oxygen atoms in total. The summed E-state index contributed by atoms with van der Waals surface area (Å²) in [5.74, 6) is 0.0393. The van der Waals surface area contributed by atoms with Gasteiger partial charge in [-0.15, -0.1) is 0 Å². The molecular formula is C14H15ClN2O. The van der Waals surface area contributed by atoms with Gasteiger partial charge in [0.15, 0.2) is 5.78 Å². The van der Waals surface area contributed by atoms with E-state index in [0.717, 1.165) is 6.42 Å². The molecule has 2 rings (SSSR count). The monoisotopic (exact) mass is 262 g/mol. The zero-order valence-electron chi connectivity index (χ0n) is 10.4. The van der Waals surface area contributed by atoms with Gasteiger partial charge in [0, 0.05) is 11.8 Å². The standard InChI is InChI=1S/C14H15ClN2O/c1-3-11-4-6-12(7-5-11)14(18)10(2)17-9-13(15)8-16-17/h4-10H,3H2,1-2H3. The van der Waals surface area contributed by atoms with Gasteiger partial charge in [0.2, 0.25) is 0 Å². The molecule has 4 heteroatoms. The predicted molar refractivity (Wildman–Crippen MR) is 72.1 cm³/mol. The Bertz CT molecular complexity index is 545. The molecule has 94 valence electrons. The minimum absolute atomic E-state index is 0.0393. The number of hydrogen-bond donors (Lipinski definition) is 0. The molecule has 0 amide bonds. The van der Waals surface area contributed by atoms with Gasteiger partial charge in [-0.25, -0.2) is 0 Å². The van der Waals surface area contributed by atoms with Crippen LogP contribution in [0.15, 0.2) is 36.7 Å². The van der Waals surface area contributed by atoms with Crippen LogP contribution in [0, 0.1) is 0 Å². The molecule has 1 aromatic heterocycles. The molecule has 0 aliphatic heterocycles. The summed E-state index contributed by atoms with van der Waals surface area (Å²) >= 11 is 5.80. The number of rotatable bonds is 4. The number of benzene rings is 1. The second-order valence-electron chi connectivity index (χ2n) is 4.23. The number of carbonyl (C=O) groups is 1. The molecule has 0 N–H and O–H groups in total. The van der Waals surface area contributed by atoms with Crippen LogP contribution in [0.4, 0.5) is 0 Å². The Labute approximate surface area is 111 Å². The Hall–Kier alpha value is -1.61. The van der Waals surface area contributed by atoms with Crippen molar-refractivity contribution in [2.75, 3.05) is 0 Å². The van der Waals surface area contributed by atoms with E-state index in [0.29, 0.717) is 10.6 Å². The molecule has 2 aromatic rings. The Morgan fingerprint density at radius 3 is 2.56 bits per heavy atom. The first-order chi connectivity index (χ1) is 8.61. The van der Waals surface area contributed by atoms with Gasteiger partial charge in [-0.05, 0) is 18.9 Å². The lowest BCUT2D eigenvalue weighted by Gasteiger charge is -2.11. The van der Waals surface area contributed by atoms with E-state index in [2.05, 4.69) is 12.0 Å². The second-order valence-corrected chi connectivity index (χ2v) is 4.67. The summed E-state index contributed by atoms with van der Waals surface area (Å²) in [5, 5.41) is 4.60. The molecule has 1 unspecified atom stereocenters. The maximum Gasteiger partial charge on any atom is 0.187 e. The number of carbonyl (C=O) groups excluding carboxylic acids is 1. The first-order valence-electron chi connectivity index (χ1n) is 5.94. The number of aryl methyl sites for hydroxylation is 1. The minimum Gasteiger partial charge on any atom is -0.292 e. The van der Waals surface area contributed by atoms with Gasteiger partial charge in [0.25, 0.3) is 0 Å². The highest BCUT2D eigenvalue weighted by molar-refractivity contribution is 6.30. The zero-order chi connectivity index (χ0) is 13.1. The normalized spacial score (nSPS) is 12.4. The molecule has 0 bridgehead atoms. The molecule has 0 radical (unpaired) electrons. The fourth-order valence-corrected chi connectivity index (χ4v) is 1.94. The molecule has 1 aromatic carbocycles. The number of nitrogens with zero attached hydrogens (tertiary/aromatic N) is 2. The van der Waals surface area contributed by atoms with Gasteiger partial charge in [0.05, 0.1) is 11.2 Å². The molecule has 0 saturated carbocycles. The van der Waals surface area contributed by atoms with Crippen molar-refractivity contribution >= 4 is 17.4 Å². The highest BCUT2D eigenvalue weighted by Gasteiger charge is 2.17. The van der Waals surface area contributed by atoms with Gasteiger partial charge in [0.1, 0.15) is 6.04 Å². The fourth-order valence-electron chi connectivity index (χ4n) is 1.79. The maximum absolute atomic E-state index is 12.3. The van der Waals surface area contributed by atoms with E-state index in [1.165, 1.54) is 11.8 Å². The molecule has 1 atom stereocenters. The fraction of sp³-hybridized carbons (Fsp3) is 0.286. The number of hydrogen-bond acceptors (Lipinski definition) is 2. The average Bonchev–Trinajstić information content (AvgIpc) is 2.84. The summed E-state index contributed by atoms with van der Waals surface area (Å²) in [5.41, 5.74) is 1.92. The molecule has 0 aliphatic carbocycles. The third kappa shape index (κ3) is 2.62. The summed E-state index contributed by atoms with van der Waals surface area (Å²) in [6.45, 7) is 3.91. The predicted octanol–water partition coefficient (Wildman–Crippen LogP) is 3.54. The SMILES string of the molecule is CCc1ccc(C(=O)C(C)n2cc(Cl)cn2)cc1. The van der Waals surface area contributed by atoms with Crippen LogP contribution in [-0.4, -0.2) is 15.6 Å². The first kappa shape index (κ1) is 12.8. The van der Waals surface area contributed by atoms with Crippen LogP contribution < -0.4 is 0 Å². The van der Waals surface area contributed by atoms with E-state index in [4.69, 9.17) is 11.6 Å². The lowest BCUT2D eigenvalue weighted by Crippen LogP contribution is -2.17. The van der Waals surface area contributed by atoms with Gasteiger partial charge >= 0.3 is 0 Å². The zero-order valence-corrected chi connectivity index (χ0v) is 11.2. The van der Waals surface area contributed by atoms with Crippen LogP contribution in [0.2, 0.25) is 5.02 Å². The lowest BCUT2D eigenvalue weighted by atomic mass is 10.0. The van der Waals surface area contributed by atoms with Gasteiger partial charge in [-0.1, -0.05) is 42.8 Å². The smallest absolute Gasteiger partial charge is 0.187 e. The van der Waals surface area contributed by atoms with Crippen molar-refractivity contribution in [2.24, 2.45) is 0 Å². The highest BCUT2D eigenvalue weighted by atomic mass is 35.5. The van der Waals surface area contributed by atoms with Crippen molar-refractivity contribution < 1.29 is 4.79 Å². The summed E-state index contributed by atoms with van der Waals surface area (Å²) < 4.78 is 1.58. The van der Waals surface area contributed by atoms with Crippen LogP contribution >= 0.6 is 11.6 Å². The van der Waals surface area contributed by atoms with E-state index in [1.54, 1.807) is 10.9 Å². The minimum atomic E-state index is -0.343. The third-order valence-electron chi connectivity index (χ3n) is 2.99. The summed E-state index contributed by atoms with van der Waals surface area (Å²) in [6, 6.07) is 7.35. The van der Waals surface area contributed by atoms with E-state index in [1.807, 2.05) is 31.2 Å². The van der Waals surface area contributed by atoms with E-state index >= 15 is 0 Å². The van der Waals surface area contributed by atoms with Crippen LogP contribution in [-0.2, 0) is 6.42 Å². The molecule has 0 spiro atoms. The maximum atomic E-state index is 12.3. The number of halogens is 1. The van der Waals surface area contributed by atoms with Crippen molar-refractivity contribution in [3.63, 3.8) is 0 Å². The van der Waals surface area contributed by atoms with Gasteiger partial charge in [-0.2, -0.15) is 5.10 Å². The molecular weight excluding hydrogens is 248 g/mol. The van der Waals surface area contributed by atoms with E-state index < -0.39 is 0 Å². The molecule has 0 fully saturated rings. The van der Waals surface area contributed by atoms with Crippen LogP contribution in [0.25, 0.3) is 0 Å². The molecule has 1 heterocycles. The summed E-state index contributed by atoms with van der Waals surface area (Å²) in [6.07, 6.45) is 4.16. The topological polar surface area (TPSA) is 34.9 Å². The second kappa shape index (κ2) is 5.36.